The topological polar surface area (TPSA) is 63.7 Å². The van der Waals surface area contributed by atoms with Crippen LogP contribution in [0.3, 0.4) is 0 Å². The van der Waals surface area contributed by atoms with Gasteiger partial charge in [-0.1, -0.05) is 35.6 Å². The summed E-state index contributed by atoms with van der Waals surface area (Å²) in [7, 11) is -3.69. The van der Waals surface area contributed by atoms with Crippen LogP contribution in [0.2, 0.25) is 5.02 Å². The first-order valence-electron chi connectivity index (χ1n) is 6.15. The number of halogens is 1. The van der Waals surface area contributed by atoms with E-state index in [-0.39, 0.29) is 11.7 Å². The van der Waals surface area contributed by atoms with Crippen LogP contribution in [0.5, 0.6) is 5.75 Å². The lowest BCUT2D eigenvalue weighted by Crippen LogP contribution is -2.27. The molecule has 1 aliphatic heterocycles. The highest BCUT2D eigenvalue weighted by atomic mass is 35.5. The van der Waals surface area contributed by atoms with Crippen molar-refractivity contribution < 1.29 is 17.4 Å². The van der Waals surface area contributed by atoms with Crippen LogP contribution >= 0.6 is 35.6 Å². The van der Waals surface area contributed by atoms with Gasteiger partial charge in [-0.05, 0) is 31.2 Å². The summed E-state index contributed by atoms with van der Waals surface area (Å²) in [6, 6.07) is 4.48. The number of benzene rings is 1. The van der Waals surface area contributed by atoms with Gasteiger partial charge >= 0.3 is 10.1 Å². The lowest BCUT2D eigenvalue weighted by atomic mass is 10.2. The van der Waals surface area contributed by atoms with Crippen LogP contribution in [0.1, 0.15) is 12.5 Å². The predicted octanol–water partition coefficient (Wildman–Crippen LogP) is 2.90. The maximum Gasteiger partial charge on any atom is 0.306 e. The van der Waals surface area contributed by atoms with E-state index < -0.39 is 10.1 Å². The molecule has 0 spiro atoms. The SMILES string of the molecule is CCN1C(=O)/C(=C\c2cc(Cl)ccc2OS(C)(=O)=O)SC1=S. The molecule has 0 saturated carbocycles. The number of carbonyl (C=O) groups excluding carboxylic acids is 1. The van der Waals surface area contributed by atoms with Gasteiger partial charge in [-0.3, -0.25) is 9.69 Å². The Morgan fingerprint density at radius 3 is 2.68 bits per heavy atom. The van der Waals surface area contributed by atoms with Crippen LogP contribution in [0.4, 0.5) is 0 Å². The molecular weight excluding hydrogens is 366 g/mol. The average molecular weight is 378 g/mol. The molecule has 2 rings (SSSR count). The lowest BCUT2D eigenvalue weighted by molar-refractivity contribution is -0.121. The number of nitrogens with zero attached hydrogens (tertiary/aromatic N) is 1. The number of hydrogen-bond donors (Lipinski definition) is 0. The van der Waals surface area contributed by atoms with Crippen molar-refractivity contribution >= 4 is 62.0 Å². The van der Waals surface area contributed by atoms with E-state index in [4.69, 9.17) is 28.0 Å². The van der Waals surface area contributed by atoms with Gasteiger partial charge in [0.1, 0.15) is 10.1 Å². The third-order valence-corrected chi connectivity index (χ3v) is 4.78. The molecule has 1 fully saturated rings. The van der Waals surface area contributed by atoms with E-state index in [0.29, 0.717) is 26.4 Å². The molecule has 5 nitrogen and oxygen atoms in total. The molecule has 9 heteroatoms. The first kappa shape index (κ1) is 17.3. The molecule has 0 aliphatic carbocycles. The fourth-order valence-electron chi connectivity index (χ4n) is 1.78. The summed E-state index contributed by atoms with van der Waals surface area (Å²) in [5.74, 6) is -0.114. The molecule has 1 heterocycles. The van der Waals surface area contributed by atoms with Crippen molar-refractivity contribution in [1.82, 2.24) is 4.90 Å². The smallest absolute Gasteiger partial charge is 0.306 e. The lowest BCUT2D eigenvalue weighted by Gasteiger charge is -2.10. The van der Waals surface area contributed by atoms with Crippen LogP contribution in [0.15, 0.2) is 23.1 Å². The molecule has 0 radical (unpaired) electrons. The number of hydrogen-bond acceptors (Lipinski definition) is 6. The normalized spacial score (nSPS) is 17.4. The summed E-state index contributed by atoms with van der Waals surface area (Å²) in [5, 5.41) is 0.401. The maximum absolute atomic E-state index is 12.2. The van der Waals surface area contributed by atoms with Crippen molar-refractivity contribution in [3.05, 3.63) is 33.7 Å². The third kappa shape index (κ3) is 4.01. The quantitative estimate of drug-likeness (QED) is 0.456. The van der Waals surface area contributed by atoms with Gasteiger partial charge in [-0.2, -0.15) is 8.42 Å². The Bertz CT molecular complexity index is 773. The minimum Gasteiger partial charge on any atom is -0.382 e. The molecule has 1 amide bonds. The van der Waals surface area contributed by atoms with Crippen molar-refractivity contribution in [2.24, 2.45) is 0 Å². The molecule has 0 atom stereocenters. The van der Waals surface area contributed by atoms with E-state index in [0.717, 1.165) is 18.0 Å². The Balaban J connectivity index is 2.45. The molecule has 1 aromatic carbocycles. The Labute approximate surface area is 143 Å². The van der Waals surface area contributed by atoms with E-state index in [1.165, 1.54) is 29.2 Å². The summed E-state index contributed by atoms with van der Waals surface area (Å²) in [6.07, 6.45) is 2.48. The third-order valence-electron chi connectivity index (χ3n) is 2.69. The zero-order valence-electron chi connectivity index (χ0n) is 11.7. The summed E-state index contributed by atoms with van der Waals surface area (Å²) in [6.45, 7) is 2.30. The highest BCUT2D eigenvalue weighted by Gasteiger charge is 2.30. The first-order valence-corrected chi connectivity index (χ1v) is 9.57. The minimum absolute atomic E-state index is 0.105. The fraction of sp³-hybridized carbons (Fsp3) is 0.231. The first-order chi connectivity index (χ1) is 10.2. The molecular formula is C13H12ClNO4S3. The molecule has 0 bridgehead atoms. The second kappa shape index (κ2) is 6.57. The highest BCUT2D eigenvalue weighted by Crippen LogP contribution is 2.35. The van der Waals surface area contributed by atoms with Crippen molar-refractivity contribution in [2.45, 2.75) is 6.92 Å². The zero-order chi connectivity index (χ0) is 16.5. The van der Waals surface area contributed by atoms with Gasteiger partial charge in [0.2, 0.25) is 0 Å². The standard InChI is InChI=1S/C13H12ClNO4S3/c1-3-15-12(16)11(21-13(15)20)7-8-6-9(14)4-5-10(8)19-22(2,17)18/h4-7H,3H2,1-2H3/b11-7+. The molecule has 1 aromatic rings. The zero-order valence-corrected chi connectivity index (χ0v) is 14.9. The highest BCUT2D eigenvalue weighted by molar-refractivity contribution is 8.26. The number of carbonyl (C=O) groups is 1. The minimum atomic E-state index is -3.69. The van der Waals surface area contributed by atoms with E-state index in [2.05, 4.69) is 0 Å². The largest absolute Gasteiger partial charge is 0.382 e. The van der Waals surface area contributed by atoms with Crippen LogP contribution in [0, 0.1) is 0 Å². The van der Waals surface area contributed by atoms with E-state index in [9.17, 15) is 13.2 Å². The van der Waals surface area contributed by atoms with Crippen LogP contribution < -0.4 is 4.18 Å². The second-order valence-corrected chi connectivity index (χ2v) is 8.08. The van der Waals surface area contributed by atoms with Gasteiger partial charge < -0.3 is 4.18 Å². The van der Waals surface area contributed by atoms with Crippen LogP contribution in [-0.2, 0) is 14.9 Å². The van der Waals surface area contributed by atoms with Crippen molar-refractivity contribution in [3.8, 4) is 5.75 Å². The summed E-state index contributed by atoms with van der Waals surface area (Å²) < 4.78 is 28.0. The number of amides is 1. The van der Waals surface area contributed by atoms with Gasteiger partial charge in [0.15, 0.2) is 0 Å². The number of likely N-dealkylation sites (N-methyl/N-ethyl adjacent to an activating group) is 1. The Morgan fingerprint density at radius 1 is 1.45 bits per heavy atom. The van der Waals surface area contributed by atoms with Gasteiger partial charge in [0.25, 0.3) is 5.91 Å². The molecule has 1 saturated heterocycles. The van der Waals surface area contributed by atoms with Gasteiger partial charge in [-0.15, -0.1) is 0 Å². The molecule has 22 heavy (non-hydrogen) atoms. The van der Waals surface area contributed by atoms with Crippen LogP contribution in [0.25, 0.3) is 6.08 Å². The molecule has 0 N–H and O–H groups in total. The molecule has 0 unspecified atom stereocenters. The predicted molar refractivity (Wildman–Crippen MR) is 92.5 cm³/mol. The molecule has 1 aliphatic rings. The van der Waals surface area contributed by atoms with E-state index in [1.54, 1.807) is 0 Å². The van der Waals surface area contributed by atoms with Crippen molar-refractivity contribution in [1.29, 1.82) is 0 Å². The maximum atomic E-state index is 12.2. The van der Waals surface area contributed by atoms with Crippen LogP contribution in [-0.4, -0.2) is 36.3 Å². The van der Waals surface area contributed by atoms with E-state index >= 15 is 0 Å². The fourth-order valence-corrected chi connectivity index (χ4v) is 3.82. The Kier molecular flexibility index (Phi) is 5.16. The molecule has 118 valence electrons. The average Bonchev–Trinajstić information content (AvgIpc) is 2.66. The van der Waals surface area contributed by atoms with Gasteiger partial charge in [-0.25, -0.2) is 0 Å². The monoisotopic (exact) mass is 377 g/mol. The Hall–Kier alpha value is -1.09. The van der Waals surface area contributed by atoms with Crippen molar-refractivity contribution in [3.63, 3.8) is 0 Å². The number of thiocarbonyl (C=S) groups is 1. The Morgan fingerprint density at radius 2 is 2.14 bits per heavy atom. The summed E-state index contributed by atoms with van der Waals surface area (Å²) in [5.41, 5.74) is 0.398. The number of rotatable bonds is 4. The summed E-state index contributed by atoms with van der Waals surface area (Å²) >= 11 is 12.2. The second-order valence-electron chi connectivity index (χ2n) is 4.40. The van der Waals surface area contributed by atoms with Crippen molar-refractivity contribution in [2.75, 3.05) is 12.8 Å². The summed E-state index contributed by atoms with van der Waals surface area (Å²) in [4.78, 5) is 14.1. The van der Waals surface area contributed by atoms with E-state index in [1.807, 2.05) is 6.92 Å². The van der Waals surface area contributed by atoms with Gasteiger partial charge in [0, 0.05) is 17.1 Å². The van der Waals surface area contributed by atoms with Gasteiger partial charge in [0.05, 0.1) is 11.2 Å². The molecule has 0 aromatic heterocycles. The number of thioether (sulfide) groups is 1.